The van der Waals surface area contributed by atoms with Gasteiger partial charge in [0.05, 0.1) is 23.4 Å². The number of carbonyl (C=O) groups is 1. The van der Waals surface area contributed by atoms with Crippen molar-refractivity contribution in [2.45, 2.75) is 38.5 Å². The molecule has 0 atom stereocenters. The zero-order valence-corrected chi connectivity index (χ0v) is 16.8. The van der Waals surface area contributed by atoms with Crippen molar-refractivity contribution in [1.82, 2.24) is 0 Å². The molecule has 0 saturated carbocycles. The van der Waals surface area contributed by atoms with Crippen molar-refractivity contribution >= 4 is 11.7 Å². The summed E-state index contributed by atoms with van der Waals surface area (Å²) in [6.45, 7) is 5.81. The van der Waals surface area contributed by atoms with E-state index in [2.05, 4.69) is 25.1 Å². The standard InChI is InChI=1S/C24H29N2O3/c1-2-3-16-26(23-20(19-25)12-11-15-22(23)24(27)28)17-9-4-5-10-18-29-21-13-7-6-8-14-21/h2,6-7,11-15H,1,3-5,8-10,16-18H2,(H,27,28). The largest absolute Gasteiger partial charge is 0.494 e. The number of carboxylic acids is 1. The summed E-state index contributed by atoms with van der Waals surface area (Å²) in [7, 11) is 0. The summed E-state index contributed by atoms with van der Waals surface area (Å²) in [5, 5.41) is 19.0. The number of allylic oxidation sites excluding steroid dienone is 3. The van der Waals surface area contributed by atoms with Crippen LogP contribution >= 0.6 is 0 Å². The van der Waals surface area contributed by atoms with Gasteiger partial charge < -0.3 is 14.7 Å². The number of nitriles is 1. The number of rotatable bonds is 13. The van der Waals surface area contributed by atoms with Gasteiger partial charge in [-0.25, -0.2) is 4.79 Å². The van der Waals surface area contributed by atoms with E-state index < -0.39 is 5.97 Å². The summed E-state index contributed by atoms with van der Waals surface area (Å²) in [6, 6.07) is 6.99. The van der Waals surface area contributed by atoms with E-state index in [0.29, 0.717) is 30.9 Å². The second-order valence-electron chi connectivity index (χ2n) is 6.88. The molecule has 1 N–H and O–H groups in total. The van der Waals surface area contributed by atoms with Gasteiger partial charge >= 0.3 is 5.97 Å². The molecule has 1 aliphatic rings. The van der Waals surface area contributed by atoms with E-state index in [1.165, 1.54) is 0 Å². The van der Waals surface area contributed by atoms with Gasteiger partial charge in [-0.2, -0.15) is 5.26 Å². The van der Waals surface area contributed by atoms with Crippen LogP contribution in [0.2, 0.25) is 0 Å². The smallest absolute Gasteiger partial charge is 0.337 e. The first-order valence-corrected chi connectivity index (χ1v) is 10.1. The molecular formula is C24H29N2O3. The third-order valence-electron chi connectivity index (χ3n) is 4.75. The van der Waals surface area contributed by atoms with Gasteiger partial charge in [-0.15, -0.1) is 6.58 Å². The van der Waals surface area contributed by atoms with Crippen LogP contribution in [0.1, 0.15) is 54.4 Å². The van der Waals surface area contributed by atoms with Crippen molar-refractivity contribution in [3.05, 3.63) is 72.4 Å². The maximum Gasteiger partial charge on any atom is 0.337 e. The number of anilines is 1. The number of ether oxygens (including phenoxy) is 1. The first kappa shape index (κ1) is 22.3. The fraction of sp³-hybridized carbons (Fsp3) is 0.375. The Balaban J connectivity index is 1.87. The Kier molecular flexibility index (Phi) is 9.57. The van der Waals surface area contributed by atoms with Crippen molar-refractivity contribution in [2.75, 3.05) is 24.6 Å². The average molecular weight is 394 g/mol. The number of hydrogen-bond acceptors (Lipinski definition) is 4. The zero-order valence-electron chi connectivity index (χ0n) is 16.8. The molecule has 0 spiro atoms. The molecule has 5 heteroatoms. The fourth-order valence-electron chi connectivity index (χ4n) is 3.28. The van der Waals surface area contributed by atoms with Crippen LogP contribution in [-0.2, 0) is 4.74 Å². The lowest BCUT2D eigenvalue weighted by Crippen LogP contribution is -2.28. The Morgan fingerprint density at radius 3 is 2.79 bits per heavy atom. The molecule has 153 valence electrons. The van der Waals surface area contributed by atoms with Crippen LogP contribution in [0.3, 0.4) is 0 Å². The molecule has 1 aromatic rings. The summed E-state index contributed by atoms with van der Waals surface area (Å²) in [5.74, 6) is -0.0704. The Morgan fingerprint density at radius 1 is 1.28 bits per heavy atom. The minimum Gasteiger partial charge on any atom is -0.494 e. The van der Waals surface area contributed by atoms with Crippen LogP contribution in [-0.4, -0.2) is 30.8 Å². The lowest BCUT2D eigenvalue weighted by Gasteiger charge is -2.27. The maximum atomic E-state index is 11.7. The molecule has 0 fully saturated rings. The van der Waals surface area contributed by atoms with E-state index in [1.54, 1.807) is 18.2 Å². The van der Waals surface area contributed by atoms with Crippen molar-refractivity contribution < 1.29 is 14.6 Å². The van der Waals surface area contributed by atoms with E-state index in [4.69, 9.17) is 4.74 Å². The molecule has 0 aliphatic heterocycles. The second kappa shape index (κ2) is 12.5. The maximum absolute atomic E-state index is 11.7. The van der Waals surface area contributed by atoms with Gasteiger partial charge in [-0.05, 0) is 56.4 Å². The van der Waals surface area contributed by atoms with Gasteiger partial charge in [-0.1, -0.05) is 31.1 Å². The van der Waals surface area contributed by atoms with E-state index in [9.17, 15) is 15.2 Å². The Labute approximate surface area is 173 Å². The average Bonchev–Trinajstić information content (AvgIpc) is 2.75. The van der Waals surface area contributed by atoms with E-state index >= 15 is 0 Å². The van der Waals surface area contributed by atoms with Crippen LogP contribution < -0.4 is 4.90 Å². The Morgan fingerprint density at radius 2 is 2.10 bits per heavy atom. The van der Waals surface area contributed by atoms with Crippen LogP contribution in [0, 0.1) is 17.8 Å². The highest BCUT2D eigenvalue weighted by atomic mass is 16.5. The van der Waals surface area contributed by atoms with Crippen LogP contribution in [0.15, 0.2) is 54.8 Å². The van der Waals surface area contributed by atoms with Crippen LogP contribution in [0.25, 0.3) is 0 Å². The fourth-order valence-corrected chi connectivity index (χ4v) is 3.28. The van der Waals surface area contributed by atoms with Gasteiger partial charge in [0.2, 0.25) is 0 Å². The van der Waals surface area contributed by atoms with Crippen LogP contribution in [0.5, 0.6) is 0 Å². The highest BCUT2D eigenvalue weighted by Crippen LogP contribution is 2.26. The van der Waals surface area contributed by atoms with Gasteiger partial charge in [0, 0.05) is 13.1 Å². The SMILES string of the molecule is C=CCCN(CCCCCCOC1=CC[CH]C=C1)c1c(C#N)cccc1C(=O)O. The topological polar surface area (TPSA) is 73.6 Å². The summed E-state index contributed by atoms with van der Waals surface area (Å²) >= 11 is 0. The van der Waals surface area contributed by atoms with Gasteiger partial charge in [0.1, 0.15) is 11.8 Å². The highest BCUT2D eigenvalue weighted by Gasteiger charge is 2.19. The third kappa shape index (κ3) is 7.15. The highest BCUT2D eigenvalue weighted by molar-refractivity contribution is 5.96. The molecule has 1 aliphatic carbocycles. The number of nitrogens with zero attached hydrogens (tertiary/aromatic N) is 2. The molecule has 0 unspecified atom stereocenters. The lowest BCUT2D eigenvalue weighted by molar-refractivity contribution is 0.0697. The number of unbranched alkanes of at least 4 members (excludes halogenated alkanes) is 3. The number of hydrogen-bond donors (Lipinski definition) is 1. The molecule has 1 radical (unpaired) electrons. The summed E-state index contributed by atoms with van der Waals surface area (Å²) in [4.78, 5) is 13.7. The summed E-state index contributed by atoms with van der Waals surface area (Å²) in [6.07, 6.45) is 15.6. The molecule has 5 nitrogen and oxygen atoms in total. The van der Waals surface area contributed by atoms with Crippen molar-refractivity contribution in [2.24, 2.45) is 0 Å². The summed E-state index contributed by atoms with van der Waals surface area (Å²) < 4.78 is 5.74. The van der Waals surface area contributed by atoms with E-state index in [-0.39, 0.29) is 5.56 Å². The molecule has 1 aromatic carbocycles. The molecule has 29 heavy (non-hydrogen) atoms. The van der Waals surface area contributed by atoms with Gasteiger partial charge in [0.25, 0.3) is 0 Å². The quantitative estimate of drug-likeness (QED) is 0.365. The van der Waals surface area contributed by atoms with Crippen LogP contribution in [0.4, 0.5) is 5.69 Å². The lowest BCUT2D eigenvalue weighted by atomic mass is 10.0. The molecular weight excluding hydrogens is 364 g/mol. The Bertz CT molecular complexity index is 790. The van der Waals surface area contributed by atoms with Crippen molar-refractivity contribution in [3.63, 3.8) is 0 Å². The number of carboxylic acid groups (broad SMARTS) is 1. The molecule has 2 rings (SSSR count). The van der Waals surface area contributed by atoms with E-state index in [0.717, 1.165) is 44.3 Å². The number of aromatic carboxylic acids is 1. The first-order valence-electron chi connectivity index (χ1n) is 10.1. The van der Waals surface area contributed by atoms with Gasteiger partial charge in [-0.3, -0.25) is 0 Å². The molecule has 0 heterocycles. The summed E-state index contributed by atoms with van der Waals surface area (Å²) in [5.41, 5.74) is 1.08. The zero-order chi connectivity index (χ0) is 20.9. The number of benzene rings is 1. The molecule has 0 aromatic heterocycles. The minimum absolute atomic E-state index is 0.174. The predicted molar refractivity (Wildman–Crippen MR) is 116 cm³/mol. The normalized spacial score (nSPS) is 12.7. The molecule has 0 bridgehead atoms. The van der Waals surface area contributed by atoms with Crippen molar-refractivity contribution in [1.29, 1.82) is 5.26 Å². The van der Waals surface area contributed by atoms with Crippen molar-refractivity contribution in [3.8, 4) is 6.07 Å². The van der Waals surface area contributed by atoms with E-state index in [1.807, 2.05) is 23.1 Å². The van der Waals surface area contributed by atoms with Gasteiger partial charge in [0.15, 0.2) is 0 Å². The monoisotopic (exact) mass is 393 g/mol. The second-order valence-corrected chi connectivity index (χ2v) is 6.88. The number of para-hydroxylation sites is 1. The third-order valence-corrected chi connectivity index (χ3v) is 4.75. The predicted octanol–water partition coefficient (Wildman–Crippen LogP) is 5.26. The molecule has 0 saturated heterocycles. The molecule has 0 amide bonds. The first-order chi connectivity index (χ1) is 14.2. The minimum atomic E-state index is -1.01. The Hall–Kier alpha value is -3.00.